The summed E-state index contributed by atoms with van der Waals surface area (Å²) in [5.41, 5.74) is 3.41. The monoisotopic (exact) mass is 376 g/mol. The third kappa shape index (κ3) is 3.44. The zero-order valence-electron chi connectivity index (χ0n) is 14.6. The summed E-state index contributed by atoms with van der Waals surface area (Å²) in [5.74, 6) is -0.376. The van der Waals surface area contributed by atoms with E-state index in [4.69, 9.17) is 11.6 Å². The van der Waals surface area contributed by atoms with Crippen molar-refractivity contribution in [2.75, 3.05) is 5.32 Å². The second kappa shape index (κ2) is 7.19. The average molecular weight is 377 g/mol. The first-order chi connectivity index (χ1) is 11.9. The molecule has 1 atom stereocenters. The van der Waals surface area contributed by atoms with Gasteiger partial charge in [-0.25, -0.2) is 0 Å². The zero-order chi connectivity index (χ0) is 18.1. The van der Waals surface area contributed by atoms with Crippen molar-refractivity contribution < 1.29 is 4.79 Å². The molecule has 0 bridgehead atoms. The maximum atomic E-state index is 12.6. The average Bonchev–Trinajstić information content (AvgIpc) is 3.06. The van der Waals surface area contributed by atoms with Crippen molar-refractivity contribution >= 4 is 33.8 Å². The molecule has 1 aliphatic carbocycles. The number of nitrogens with one attached hydrogen (secondary N) is 1. The van der Waals surface area contributed by atoms with Gasteiger partial charge in [-0.2, -0.15) is 10.4 Å². The lowest BCUT2D eigenvalue weighted by Gasteiger charge is -2.13. The predicted octanol–water partition coefficient (Wildman–Crippen LogP) is 4.24. The van der Waals surface area contributed by atoms with Crippen LogP contribution in [-0.2, 0) is 24.2 Å². The van der Waals surface area contributed by atoms with Gasteiger partial charge in [-0.3, -0.25) is 9.48 Å². The number of nitriles is 1. The summed E-state index contributed by atoms with van der Waals surface area (Å²) in [4.78, 5) is 13.9. The third-order valence-corrected chi connectivity index (χ3v) is 6.46. The number of fused-ring (bicyclic) bond motifs is 1. The molecule has 3 rings (SSSR count). The summed E-state index contributed by atoms with van der Waals surface area (Å²) in [6, 6.07) is 2.28. The highest BCUT2D eigenvalue weighted by molar-refractivity contribution is 7.16. The molecule has 1 N–H and O–H groups in total. The maximum absolute atomic E-state index is 12.6. The lowest BCUT2D eigenvalue weighted by Crippen LogP contribution is -2.25. The number of carbonyl (C=O) groups excluding carboxylic acids is 1. The number of thiophene rings is 1. The maximum Gasteiger partial charge on any atom is 0.229 e. The highest BCUT2D eigenvalue weighted by atomic mass is 35.5. The number of hydrogen-bond donors (Lipinski definition) is 1. The van der Waals surface area contributed by atoms with E-state index in [9.17, 15) is 10.1 Å². The molecule has 0 aromatic carbocycles. The van der Waals surface area contributed by atoms with Crippen LogP contribution in [0.4, 0.5) is 5.00 Å². The van der Waals surface area contributed by atoms with E-state index in [1.165, 1.54) is 4.88 Å². The van der Waals surface area contributed by atoms with Gasteiger partial charge in [0.25, 0.3) is 0 Å². The molecule has 0 saturated carbocycles. The van der Waals surface area contributed by atoms with Gasteiger partial charge >= 0.3 is 0 Å². The molecule has 7 heteroatoms. The first-order valence-corrected chi connectivity index (χ1v) is 9.66. The Bertz CT molecular complexity index is 862. The Labute approximate surface area is 156 Å². The second-order valence-corrected chi connectivity index (χ2v) is 8.07. The fraction of sp³-hybridized carbons (Fsp3) is 0.500. The third-order valence-electron chi connectivity index (χ3n) is 4.71. The van der Waals surface area contributed by atoms with Gasteiger partial charge in [-0.1, -0.05) is 18.5 Å². The van der Waals surface area contributed by atoms with E-state index in [1.807, 2.05) is 20.8 Å². The normalized spacial score (nSPS) is 14.7. The van der Waals surface area contributed by atoms with Crippen molar-refractivity contribution in [2.45, 2.75) is 53.0 Å². The fourth-order valence-corrected chi connectivity index (χ4v) is 4.58. The van der Waals surface area contributed by atoms with Gasteiger partial charge in [0.2, 0.25) is 5.91 Å². The molecule has 25 heavy (non-hydrogen) atoms. The molecule has 2 heterocycles. The number of anilines is 1. The number of aryl methyl sites for hydroxylation is 2. The number of amides is 1. The fourth-order valence-electron chi connectivity index (χ4n) is 3.20. The Morgan fingerprint density at radius 1 is 1.44 bits per heavy atom. The van der Waals surface area contributed by atoms with Gasteiger partial charge in [0.05, 0.1) is 34.4 Å². The molecule has 1 aliphatic rings. The first kappa shape index (κ1) is 18.0. The SMILES string of the molecule is Cc1nn(CC(C)C(=O)Nc2sc3c(c2C#N)CCCC3)c(C)c1Cl. The lowest BCUT2D eigenvalue weighted by atomic mass is 9.96. The minimum Gasteiger partial charge on any atom is -0.316 e. The topological polar surface area (TPSA) is 70.7 Å². The predicted molar refractivity (Wildman–Crippen MR) is 100 cm³/mol. The van der Waals surface area contributed by atoms with Crippen LogP contribution in [-0.4, -0.2) is 15.7 Å². The van der Waals surface area contributed by atoms with Gasteiger partial charge in [0, 0.05) is 4.88 Å². The van der Waals surface area contributed by atoms with Crippen molar-refractivity contribution in [3.63, 3.8) is 0 Å². The van der Waals surface area contributed by atoms with Crippen LogP contribution in [0.25, 0.3) is 0 Å². The number of aromatic nitrogens is 2. The van der Waals surface area contributed by atoms with Crippen LogP contribution in [0.15, 0.2) is 0 Å². The van der Waals surface area contributed by atoms with Crippen LogP contribution in [0, 0.1) is 31.1 Å². The van der Waals surface area contributed by atoms with Crippen molar-refractivity contribution in [1.29, 1.82) is 5.26 Å². The lowest BCUT2D eigenvalue weighted by molar-refractivity contribution is -0.119. The van der Waals surface area contributed by atoms with Gasteiger partial charge in [-0.15, -0.1) is 11.3 Å². The summed E-state index contributed by atoms with van der Waals surface area (Å²) in [7, 11) is 0. The Hall–Kier alpha value is -1.84. The molecule has 5 nitrogen and oxygen atoms in total. The van der Waals surface area contributed by atoms with Crippen molar-refractivity contribution in [3.05, 3.63) is 32.4 Å². The molecule has 0 aliphatic heterocycles. The quantitative estimate of drug-likeness (QED) is 0.867. The van der Waals surface area contributed by atoms with E-state index < -0.39 is 0 Å². The number of hydrogen-bond acceptors (Lipinski definition) is 4. The molecular weight excluding hydrogens is 356 g/mol. The molecule has 2 aromatic heterocycles. The van der Waals surface area contributed by atoms with E-state index in [0.29, 0.717) is 22.1 Å². The molecule has 0 spiro atoms. The summed E-state index contributed by atoms with van der Waals surface area (Å²) < 4.78 is 1.77. The Balaban J connectivity index is 1.75. The summed E-state index contributed by atoms with van der Waals surface area (Å²) >= 11 is 7.72. The first-order valence-electron chi connectivity index (χ1n) is 8.47. The molecule has 0 saturated heterocycles. The minimum absolute atomic E-state index is 0.0984. The van der Waals surface area contributed by atoms with E-state index in [2.05, 4.69) is 16.5 Å². The largest absolute Gasteiger partial charge is 0.316 e. The van der Waals surface area contributed by atoms with Gasteiger partial charge < -0.3 is 5.32 Å². The summed E-state index contributed by atoms with van der Waals surface area (Å²) in [6.45, 7) is 6.07. The number of carbonyl (C=O) groups is 1. The van der Waals surface area contributed by atoms with Crippen molar-refractivity contribution in [2.24, 2.45) is 5.92 Å². The van der Waals surface area contributed by atoms with Crippen LogP contribution in [0.1, 0.15) is 47.2 Å². The van der Waals surface area contributed by atoms with Gasteiger partial charge in [0.1, 0.15) is 11.1 Å². The molecule has 1 unspecified atom stereocenters. The number of halogens is 1. The van der Waals surface area contributed by atoms with Crippen LogP contribution < -0.4 is 5.32 Å². The molecular formula is C18H21ClN4OS. The minimum atomic E-state index is -0.278. The molecule has 132 valence electrons. The molecule has 0 fully saturated rings. The van der Waals surface area contributed by atoms with Crippen molar-refractivity contribution in [1.82, 2.24) is 9.78 Å². The standard InChI is InChI=1S/C18H21ClN4OS/c1-10(9-23-12(3)16(19)11(2)22-23)17(24)21-18-14(8-20)13-6-4-5-7-15(13)25-18/h10H,4-7,9H2,1-3H3,(H,21,24). The van der Waals surface area contributed by atoms with Gasteiger partial charge in [-0.05, 0) is 45.1 Å². The molecule has 1 amide bonds. The zero-order valence-corrected chi connectivity index (χ0v) is 16.2. The summed E-state index contributed by atoms with van der Waals surface area (Å²) in [5, 5.41) is 18.2. The Morgan fingerprint density at radius 2 is 2.16 bits per heavy atom. The van der Waals surface area contributed by atoms with Gasteiger partial charge in [0.15, 0.2) is 0 Å². The highest BCUT2D eigenvalue weighted by Gasteiger charge is 2.24. The van der Waals surface area contributed by atoms with E-state index in [-0.39, 0.29) is 11.8 Å². The van der Waals surface area contributed by atoms with Crippen LogP contribution in [0.3, 0.4) is 0 Å². The Morgan fingerprint density at radius 3 is 2.80 bits per heavy atom. The smallest absolute Gasteiger partial charge is 0.229 e. The van der Waals surface area contributed by atoms with E-state index >= 15 is 0 Å². The van der Waals surface area contributed by atoms with Crippen molar-refractivity contribution in [3.8, 4) is 6.07 Å². The van der Waals surface area contributed by atoms with E-state index in [0.717, 1.165) is 42.6 Å². The van der Waals surface area contributed by atoms with Crippen LogP contribution in [0.2, 0.25) is 5.02 Å². The Kier molecular flexibility index (Phi) is 5.16. The molecule has 0 radical (unpaired) electrons. The number of nitrogens with zero attached hydrogens (tertiary/aromatic N) is 3. The highest BCUT2D eigenvalue weighted by Crippen LogP contribution is 2.37. The van der Waals surface area contributed by atoms with E-state index in [1.54, 1.807) is 16.0 Å². The number of rotatable bonds is 4. The summed E-state index contributed by atoms with van der Waals surface area (Å²) in [6.07, 6.45) is 4.20. The second-order valence-electron chi connectivity index (χ2n) is 6.58. The van der Waals surface area contributed by atoms with Crippen LogP contribution >= 0.6 is 22.9 Å². The van der Waals surface area contributed by atoms with Crippen LogP contribution in [0.5, 0.6) is 0 Å². The molecule has 2 aromatic rings.